The molecule has 1 saturated carbocycles. The minimum atomic E-state index is 0.139. The molecule has 3 heteroatoms. The summed E-state index contributed by atoms with van der Waals surface area (Å²) in [5.41, 5.74) is 0.814. The van der Waals surface area contributed by atoms with Crippen LogP contribution in [0.15, 0.2) is 42.5 Å². The van der Waals surface area contributed by atoms with Gasteiger partial charge in [0.2, 0.25) is 0 Å². The fourth-order valence-electron chi connectivity index (χ4n) is 3.90. The average Bonchev–Trinajstić information content (AvgIpc) is 2.60. The zero-order valence-electron chi connectivity index (χ0n) is 14.3. The third kappa shape index (κ3) is 3.11. The van der Waals surface area contributed by atoms with E-state index in [4.69, 9.17) is 0 Å². The van der Waals surface area contributed by atoms with Gasteiger partial charge >= 0.3 is 0 Å². The lowest BCUT2D eigenvalue weighted by Crippen LogP contribution is -2.51. The van der Waals surface area contributed by atoms with E-state index in [1.807, 2.05) is 42.3 Å². The highest BCUT2D eigenvalue weighted by atomic mass is 16.2. The van der Waals surface area contributed by atoms with Gasteiger partial charge < -0.3 is 9.80 Å². The first-order valence-corrected chi connectivity index (χ1v) is 8.51. The van der Waals surface area contributed by atoms with Crippen LogP contribution in [0, 0.1) is 0 Å². The first-order valence-electron chi connectivity index (χ1n) is 8.51. The molecule has 2 aromatic carbocycles. The number of carbonyl (C=O) groups is 1. The third-order valence-corrected chi connectivity index (χ3v) is 5.20. The lowest BCUT2D eigenvalue weighted by atomic mass is 9.88. The fraction of sp³-hybridized carbons (Fsp3) is 0.450. The van der Waals surface area contributed by atoms with E-state index in [1.165, 1.54) is 19.3 Å². The molecule has 0 spiro atoms. The second-order valence-corrected chi connectivity index (χ2v) is 6.83. The van der Waals surface area contributed by atoms with Crippen LogP contribution in [-0.2, 0) is 0 Å². The molecule has 0 aliphatic heterocycles. The van der Waals surface area contributed by atoms with E-state index in [-0.39, 0.29) is 5.91 Å². The molecule has 0 saturated heterocycles. The summed E-state index contributed by atoms with van der Waals surface area (Å²) < 4.78 is 0. The van der Waals surface area contributed by atoms with Crippen LogP contribution in [-0.4, -0.2) is 48.9 Å². The summed E-state index contributed by atoms with van der Waals surface area (Å²) in [6.07, 6.45) is 4.73. The normalized spacial score (nSPS) is 21.6. The molecule has 1 aliphatic carbocycles. The van der Waals surface area contributed by atoms with Crippen molar-refractivity contribution in [2.75, 3.05) is 21.1 Å². The van der Waals surface area contributed by atoms with E-state index < -0.39 is 0 Å². The number of benzene rings is 2. The second kappa shape index (κ2) is 6.71. The van der Waals surface area contributed by atoms with Crippen molar-refractivity contribution in [1.29, 1.82) is 0 Å². The minimum Gasteiger partial charge on any atom is -0.337 e. The highest BCUT2D eigenvalue weighted by Crippen LogP contribution is 2.27. The van der Waals surface area contributed by atoms with E-state index in [9.17, 15) is 4.79 Å². The molecule has 3 rings (SSSR count). The lowest BCUT2D eigenvalue weighted by molar-refractivity contribution is 0.0546. The van der Waals surface area contributed by atoms with Crippen molar-refractivity contribution in [2.24, 2.45) is 0 Å². The average molecular weight is 310 g/mol. The van der Waals surface area contributed by atoms with Gasteiger partial charge in [-0.25, -0.2) is 0 Å². The number of hydrogen-bond acceptors (Lipinski definition) is 2. The number of nitrogens with zero attached hydrogens (tertiary/aromatic N) is 2. The van der Waals surface area contributed by atoms with E-state index in [2.05, 4.69) is 31.1 Å². The Balaban J connectivity index is 1.92. The van der Waals surface area contributed by atoms with Crippen molar-refractivity contribution in [3.05, 3.63) is 48.0 Å². The van der Waals surface area contributed by atoms with Crippen molar-refractivity contribution in [2.45, 2.75) is 37.8 Å². The maximum Gasteiger partial charge on any atom is 0.254 e. The summed E-state index contributed by atoms with van der Waals surface area (Å²) in [4.78, 5) is 17.4. The number of carbonyl (C=O) groups excluding carboxylic acids is 1. The van der Waals surface area contributed by atoms with Crippen molar-refractivity contribution < 1.29 is 4.79 Å². The van der Waals surface area contributed by atoms with Gasteiger partial charge in [-0.3, -0.25) is 4.79 Å². The van der Waals surface area contributed by atoms with E-state index in [0.717, 1.165) is 22.8 Å². The van der Waals surface area contributed by atoms with Gasteiger partial charge in [0, 0.05) is 24.7 Å². The molecule has 122 valence electrons. The highest BCUT2D eigenvalue weighted by molar-refractivity contribution is 6.07. The zero-order chi connectivity index (χ0) is 16.4. The first-order chi connectivity index (χ1) is 11.1. The highest BCUT2D eigenvalue weighted by Gasteiger charge is 2.32. The van der Waals surface area contributed by atoms with Crippen LogP contribution in [0.3, 0.4) is 0 Å². The smallest absolute Gasteiger partial charge is 0.254 e. The molecule has 0 N–H and O–H groups in total. The molecule has 2 aromatic rings. The molecule has 23 heavy (non-hydrogen) atoms. The van der Waals surface area contributed by atoms with Crippen LogP contribution in [0.25, 0.3) is 10.8 Å². The fourth-order valence-corrected chi connectivity index (χ4v) is 3.90. The molecule has 0 heterocycles. The van der Waals surface area contributed by atoms with Gasteiger partial charge in [0.15, 0.2) is 0 Å². The number of likely N-dealkylation sites (N-methyl/N-ethyl adjacent to an activating group) is 2. The SMILES string of the molecule is CN(C)C1CCCCC1N(C)C(=O)c1cccc2ccccc12. The zero-order valence-corrected chi connectivity index (χ0v) is 14.3. The van der Waals surface area contributed by atoms with Crippen molar-refractivity contribution in [3.63, 3.8) is 0 Å². The first kappa shape index (κ1) is 16.0. The Bertz CT molecular complexity index is 690. The maximum atomic E-state index is 13.1. The molecule has 2 atom stereocenters. The predicted octanol–water partition coefficient (Wildman–Crippen LogP) is 3.78. The van der Waals surface area contributed by atoms with E-state index >= 15 is 0 Å². The van der Waals surface area contributed by atoms with Gasteiger partial charge in [-0.15, -0.1) is 0 Å². The summed E-state index contributed by atoms with van der Waals surface area (Å²) in [5.74, 6) is 0.139. The monoisotopic (exact) mass is 310 g/mol. The molecule has 2 unspecified atom stereocenters. The van der Waals surface area contributed by atoms with Gasteiger partial charge in [0.25, 0.3) is 5.91 Å². The molecule has 0 radical (unpaired) electrons. The topological polar surface area (TPSA) is 23.6 Å². The molecular weight excluding hydrogens is 284 g/mol. The predicted molar refractivity (Wildman–Crippen MR) is 95.8 cm³/mol. The van der Waals surface area contributed by atoms with E-state index in [0.29, 0.717) is 12.1 Å². The Morgan fingerprint density at radius 3 is 2.30 bits per heavy atom. The Labute approximate surface area is 138 Å². The van der Waals surface area contributed by atoms with Crippen LogP contribution in [0.1, 0.15) is 36.0 Å². The van der Waals surface area contributed by atoms with Crippen LogP contribution in [0.5, 0.6) is 0 Å². The molecule has 1 amide bonds. The quantitative estimate of drug-likeness (QED) is 0.861. The standard InChI is InChI=1S/C20H26N2O/c1-21(2)18-13-6-7-14-19(18)22(3)20(23)17-12-8-10-15-9-4-5-11-16(15)17/h4-5,8-12,18-19H,6-7,13-14H2,1-3H3. The Hall–Kier alpha value is -1.87. The van der Waals surface area contributed by atoms with Crippen LogP contribution >= 0.6 is 0 Å². The number of fused-ring (bicyclic) bond motifs is 1. The lowest BCUT2D eigenvalue weighted by Gasteiger charge is -2.41. The van der Waals surface area contributed by atoms with Crippen LogP contribution in [0.4, 0.5) is 0 Å². The van der Waals surface area contributed by atoms with Gasteiger partial charge in [-0.1, -0.05) is 49.2 Å². The minimum absolute atomic E-state index is 0.139. The van der Waals surface area contributed by atoms with Crippen molar-refractivity contribution in [3.8, 4) is 0 Å². The molecule has 1 aliphatic rings. The Morgan fingerprint density at radius 1 is 0.913 bits per heavy atom. The third-order valence-electron chi connectivity index (χ3n) is 5.20. The summed E-state index contributed by atoms with van der Waals surface area (Å²) >= 11 is 0. The van der Waals surface area contributed by atoms with Gasteiger partial charge in [0.1, 0.15) is 0 Å². The Morgan fingerprint density at radius 2 is 1.57 bits per heavy atom. The maximum absolute atomic E-state index is 13.1. The second-order valence-electron chi connectivity index (χ2n) is 6.83. The van der Waals surface area contributed by atoms with E-state index in [1.54, 1.807) is 0 Å². The van der Waals surface area contributed by atoms with Crippen molar-refractivity contribution in [1.82, 2.24) is 9.80 Å². The number of rotatable bonds is 3. The van der Waals surface area contributed by atoms with Crippen LogP contribution < -0.4 is 0 Å². The molecular formula is C20H26N2O. The molecule has 1 fully saturated rings. The largest absolute Gasteiger partial charge is 0.337 e. The molecule has 3 nitrogen and oxygen atoms in total. The summed E-state index contributed by atoms with van der Waals surface area (Å²) in [6, 6.07) is 14.9. The van der Waals surface area contributed by atoms with Gasteiger partial charge in [0.05, 0.1) is 0 Å². The van der Waals surface area contributed by atoms with Crippen LogP contribution in [0.2, 0.25) is 0 Å². The van der Waals surface area contributed by atoms with Crippen molar-refractivity contribution >= 4 is 16.7 Å². The number of hydrogen-bond donors (Lipinski definition) is 0. The Kier molecular flexibility index (Phi) is 4.67. The number of amides is 1. The molecule has 0 bridgehead atoms. The van der Waals surface area contributed by atoms with Gasteiger partial charge in [-0.2, -0.15) is 0 Å². The molecule has 0 aromatic heterocycles. The summed E-state index contributed by atoms with van der Waals surface area (Å²) in [6.45, 7) is 0. The summed E-state index contributed by atoms with van der Waals surface area (Å²) in [5, 5.41) is 2.17. The van der Waals surface area contributed by atoms with Gasteiger partial charge in [-0.05, 0) is 43.8 Å². The summed E-state index contributed by atoms with van der Waals surface area (Å²) in [7, 11) is 6.22.